The van der Waals surface area contributed by atoms with Gasteiger partial charge in [-0.3, -0.25) is 4.79 Å². The Bertz CT molecular complexity index is 1080. The number of carbonyl (C=O) groups excluding carboxylic acids is 1. The van der Waals surface area contributed by atoms with E-state index in [0.717, 1.165) is 17.0 Å². The fourth-order valence-corrected chi connectivity index (χ4v) is 5.48. The summed E-state index contributed by atoms with van der Waals surface area (Å²) in [5.41, 5.74) is 2.10. The van der Waals surface area contributed by atoms with Crippen molar-refractivity contribution < 1.29 is 27.4 Å². The van der Waals surface area contributed by atoms with Gasteiger partial charge in [0, 0.05) is 26.2 Å². The van der Waals surface area contributed by atoms with Gasteiger partial charge in [0.2, 0.25) is 15.9 Å². The summed E-state index contributed by atoms with van der Waals surface area (Å²) < 4.78 is 44.0. The summed E-state index contributed by atoms with van der Waals surface area (Å²) in [6, 6.07) is 12.3. The quantitative estimate of drug-likeness (QED) is 0.607. The molecule has 2 aromatic rings. The Hall–Kier alpha value is -2.66. The normalized spacial score (nSPS) is 17.4. The Morgan fingerprint density at radius 1 is 0.971 bits per heavy atom. The highest BCUT2D eigenvalue weighted by atomic mass is 32.2. The molecule has 2 fully saturated rings. The van der Waals surface area contributed by atoms with E-state index < -0.39 is 10.0 Å². The predicted octanol–water partition coefficient (Wildman–Crippen LogP) is 2.12. The number of morpholine rings is 2. The first-order chi connectivity index (χ1) is 16.5. The van der Waals surface area contributed by atoms with E-state index in [1.165, 1.54) is 4.31 Å². The lowest BCUT2D eigenvalue weighted by Crippen LogP contribution is -2.40. The second-order valence-corrected chi connectivity index (χ2v) is 10.0. The van der Waals surface area contributed by atoms with Crippen LogP contribution in [0.2, 0.25) is 0 Å². The number of nitrogens with zero attached hydrogens (tertiary/aromatic N) is 2. The Morgan fingerprint density at radius 2 is 1.62 bits per heavy atom. The van der Waals surface area contributed by atoms with Crippen LogP contribution in [0.3, 0.4) is 0 Å². The molecule has 2 aliphatic heterocycles. The largest absolute Gasteiger partial charge is 0.494 e. The van der Waals surface area contributed by atoms with Crippen molar-refractivity contribution in [3.8, 4) is 5.75 Å². The molecule has 0 spiro atoms. The summed E-state index contributed by atoms with van der Waals surface area (Å²) in [7, 11) is -3.69. The van der Waals surface area contributed by atoms with Gasteiger partial charge < -0.3 is 24.4 Å². The van der Waals surface area contributed by atoms with Gasteiger partial charge in [-0.25, -0.2) is 8.42 Å². The van der Waals surface area contributed by atoms with Gasteiger partial charge in [0.25, 0.3) is 0 Å². The highest BCUT2D eigenvalue weighted by Crippen LogP contribution is 2.31. The SMILES string of the molecule is CCOc1ccc(CC(=O)Nc2cc(S(=O)(=O)N3CCOCC3)ccc2N2CCOCC2)cc1. The first-order valence-electron chi connectivity index (χ1n) is 11.5. The van der Waals surface area contributed by atoms with Crippen LogP contribution in [-0.2, 0) is 30.7 Å². The lowest BCUT2D eigenvalue weighted by molar-refractivity contribution is -0.115. The van der Waals surface area contributed by atoms with E-state index in [1.54, 1.807) is 18.2 Å². The van der Waals surface area contributed by atoms with E-state index >= 15 is 0 Å². The average Bonchev–Trinajstić information content (AvgIpc) is 2.86. The number of rotatable bonds is 8. The van der Waals surface area contributed by atoms with Gasteiger partial charge in [-0.2, -0.15) is 4.31 Å². The van der Waals surface area contributed by atoms with Gasteiger partial charge in [-0.05, 0) is 42.8 Å². The van der Waals surface area contributed by atoms with E-state index in [-0.39, 0.29) is 17.2 Å². The molecule has 10 heteroatoms. The van der Waals surface area contributed by atoms with Gasteiger partial charge in [-0.15, -0.1) is 0 Å². The molecule has 0 bridgehead atoms. The number of ether oxygens (including phenoxy) is 3. The standard InChI is InChI=1S/C24H31N3O6S/c1-2-33-20-5-3-19(4-6-20)17-24(28)25-22-18-21(34(29,30)27-11-15-32-16-12-27)7-8-23(22)26-9-13-31-14-10-26/h3-8,18H,2,9-17H2,1H3,(H,25,28). The van der Waals surface area contributed by atoms with Crippen molar-refractivity contribution >= 4 is 27.3 Å². The molecule has 2 aromatic carbocycles. The number of hydrogen-bond acceptors (Lipinski definition) is 7. The molecule has 2 heterocycles. The molecule has 2 saturated heterocycles. The molecule has 0 atom stereocenters. The molecule has 184 valence electrons. The lowest BCUT2D eigenvalue weighted by Gasteiger charge is -2.31. The van der Waals surface area contributed by atoms with Crippen LogP contribution >= 0.6 is 0 Å². The Balaban J connectivity index is 1.57. The topological polar surface area (TPSA) is 97.4 Å². The van der Waals surface area contributed by atoms with Crippen LogP contribution < -0.4 is 15.0 Å². The van der Waals surface area contributed by atoms with Crippen LogP contribution in [0.25, 0.3) is 0 Å². The number of benzene rings is 2. The Morgan fingerprint density at radius 3 is 2.26 bits per heavy atom. The fraction of sp³-hybridized carbons (Fsp3) is 0.458. The Kier molecular flexibility index (Phi) is 8.04. The summed E-state index contributed by atoms with van der Waals surface area (Å²) in [6.45, 7) is 6.34. The fourth-order valence-electron chi connectivity index (χ4n) is 4.04. The lowest BCUT2D eigenvalue weighted by atomic mass is 10.1. The summed E-state index contributed by atoms with van der Waals surface area (Å²) >= 11 is 0. The number of carbonyl (C=O) groups is 1. The molecule has 0 radical (unpaired) electrons. The average molecular weight is 490 g/mol. The van der Waals surface area contributed by atoms with Crippen molar-refractivity contribution in [2.75, 3.05) is 69.4 Å². The molecule has 34 heavy (non-hydrogen) atoms. The van der Waals surface area contributed by atoms with Crippen molar-refractivity contribution in [2.45, 2.75) is 18.2 Å². The Labute approximate surface area is 200 Å². The molecule has 0 aliphatic carbocycles. The third-order valence-electron chi connectivity index (χ3n) is 5.80. The second kappa shape index (κ2) is 11.2. The van der Waals surface area contributed by atoms with Crippen molar-refractivity contribution in [2.24, 2.45) is 0 Å². The minimum atomic E-state index is -3.69. The highest BCUT2D eigenvalue weighted by molar-refractivity contribution is 7.89. The predicted molar refractivity (Wildman–Crippen MR) is 129 cm³/mol. The highest BCUT2D eigenvalue weighted by Gasteiger charge is 2.28. The van der Waals surface area contributed by atoms with Gasteiger partial charge in [-0.1, -0.05) is 12.1 Å². The van der Waals surface area contributed by atoms with Gasteiger partial charge >= 0.3 is 0 Å². The van der Waals surface area contributed by atoms with Crippen molar-refractivity contribution in [3.05, 3.63) is 48.0 Å². The zero-order valence-electron chi connectivity index (χ0n) is 19.4. The molecule has 0 aromatic heterocycles. The maximum atomic E-state index is 13.2. The monoisotopic (exact) mass is 489 g/mol. The van der Waals surface area contributed by atoms with Crippen LogP contribution in [0.4, 0.5) is 11.4 Å². The van der Waals surface area contributed by atoms with E-state index in [9.17, 15) is 13.2 Å². The number of hydrogen-bond donors (Lipinski definition) is 1. The summed E-state index contributed by atoms with van der Waals surface area (Å²) in [5.74, 6) is 0.530. The van der Waals surface area contributed by atoms with Crippen LogP contribution in [0.15, 0.2) is 47.4 Å². The first kappa shape index (κ1) is 24.5. The molecular weight excluding hydrogens is 458 g/mol. The number of sulfonamides is 1. The molecule has 1 amide bonds. The van der Waals surface area contributed by atoms with Crippen molar-refractivity contribution in [1.29, 1.82) is 0 Å². The first-order valence-corrected chi connectivity index (χ1v) is 13.0. The van der Waals surface area contributed by atoms with Gasteiger partial charge in [0.05, 0.1) is 55.7 Å². The zero-order chi connectivity index (χ0) is 24.0. The van der Waals surface area contributed by atoms with Crippen molar-refractivity contribution in [1.82, 2.24) is 4.31 Å². The summed E-state index contributed by atoms with van der Waals surface area (Å²) in [6.07, 6.45) is 0.162. The zero-order valence-corrected chi connectivity index (χ0v) is 20.2. The number of anilines is 2. The molecule has 4 rings (SSSR count). The molecule has 9 nitrogen and oxygen atoms in total. The number of amides is 1. The number of nitrogens with one attached hydrogen (secondary N) is 1. The maximum Gasteiger partial charge on any atom is 0.243 e. The maximum absolute atomic E-state index is 13.2. The van der Waals surface area contributed by atoms with E-state index in [2.05, 4.69) is 10.2 Å². The van der Waals surface area contributed by atoms with Crippen molar-refractivity contribution in [3.63, 3.8) is 0 Å². The summed E-state index contributed by atoms with van der Waals surface area (Å²) in [5, 5.41) is 2.95. The minimum Gasteiger partial charge on any atom is -0.494 e. The smallest absolute Gasteiger partial charge is 0.243 e. The van der Waals surface area contributed by atoms with Crippen LogP contribution in [-0.4, -0.2) is 77.8 Å². The third kappa shape index (κ3) is 5.87. The van der Waals surface area contributed by atoms with E-state index in [0.29, 0.717) is 64.9 Å². The van der Waals surface area contributed by atoms with E-state index in [1.807, 2.05) is 31.2 Å². The molecule has 0 saturated carbocycles. The molecule has 2 aliphatic rings. The van der Waals surface area contributed by atoms with Crippen LogP contribution in [0, 0.1) is 0 Å². The second-order valence-electron chi connectivity index (χ2n) is 8.10. The van der Waals surface area contributed by atoms with E-state index in [4.69, 9.17) is 14.2 Å². The van der Waals surface area contributed by atoms with Gasteiger partial charge in [0.1, 0.15) is 5.75 Å². The molecule has 0 unspecified atom stereocenters. The minimum absolute atomic E-state index is 0.155. The molecule has 1 N–H and O–H groups in total. The summed E-state index contributed by atoms with van der Waals surface area (Å²) in [4.78, 5) is 15.2. The van der Waals surface area contributed by atoms with Crippen LogP contribution in [0.1, 0.15) is 12.5 Å². The third-order valence-corrected chi connectivity index (χ3v) is 7.70. The van der Waals surface area contributed by atoms with Crippen LogP contribution in [0.5, 0.6) is 5.75 Å². The molecular formula is C24H31N3O6S. The van der Waals surface area contributed by atoms with Gasteiger partial charge in [0.15, 0.2) is 0 Å².